The Hall–Kier alpha value is -0.850. The van der Waals surface area contributed by atoms with Crippen LogP contribution in [0.1, 0.15) is 31.9 Å². The number of nitrogens with zero attached hydrogens (tertiary/aromatic N) is 2. The monoisotopic (exact) mass is 364 g/mol. The second-order valence-corrected chi connectivity index (χ2v) is 9.28. The number of thiophene rings is 1. The largest absolute Gasteiger partial charge is 0.299 e. The van der Waals surface area contributed by atoms with E-state index in [0.29, 0.717) is 5.75 Å². The van der Waals surface area contributed by atoms with Gasteiger partial charge in [0.1, 0.15) is 5.78 Å². The SMILES string of the molecule is CSc1scc2c1-c1nc(SCC(C)(C)C(C)=O)ncc1CC2. The minimum Gasteiger partial charge on any atom is -0.299 e. The lowest BCUT2D eigenvalue weighted by atomic mass is 9.92. The molecule has 0 fully saturated rings. The van der Waals surface area contributed by atoms with Gasteiger partial charge in [0.15, 0.2) is 5.16 Å². The van der Waals surface area contributed by atoms with Gasteiger partial charge in [0.05, 0.1) is 9.90 Å². The Morgan fingerprint density at radius 2 is 2.09 bits per heavy atom. The maximum atomic E-state index is 11.7. The number of thioether (sulfide) groups is 2. The van der Waals surface area contributed by atoms with Crippen LogP contribution in [0, 0.1) is 5.41 Å². The maximum Gasteiger partial charge on any atom is 0.188 e. The number of aryl methyl sites for hydroxylation is 2. The van der Waals surface area contributed by atoms with E-state index in [4.69, 9.17) is 4.98 Å². The molecular formula is C17H20N2OS3. The molecular weight excluding hydrogens is 344 g/mol. The van der Waals surface area contributed by atoms with Gasteiger partial charge in [-0.1, -0.05) is 25.6 Å². The lowest BCUT2D eigenvalue weighted by Crippen LogP contribution is -2.24. The van der Waals surface area contributed by atoms with E-state index in [9.17, 15) is 4.79 Å². The van der Waals surface area contributed by atoms with Gasteiger partial charge in [-0.2, -0.15) is 0 Å². The molecule has 23 heavy (non-hydrogen) atoms. The predicted molar refractivity (Wildman–Crippen MR) is 99.7 cm³/mol. The molecule has 0 saturated carbocycles. The molecule has 2 heterocycles. The predicted octanol–water partition coefficient (Wildman–Crippen LogP) is 4.73. The number of hydrogen-bond donors (Lipinski definition) is 0. The first-order valence-electron chi connectivity index (χ1n) is 7.57. The highest BCUT2D eigenvalue weighted by Crippen LogP contribution is 2.43. The zero-order valence-electron chi connectivity index (χ0n) is 13.8. The number of carbonyl (C=O) groups excluding carboxylic acids is 1. The third-order valence-corrected chi connectivity index (χ3v) is 7.78. The second kappa shape index (κ2) is 6.57. The van der Waals surface area contributed by atoms with E-state index >= 15 is 0 Å². The topological polar surface area (TPSA) is 42.9 Å². The molecule has 0 unspecified atom stereocenters. The van der Waals surface area contributed by atoms with E-state index in [1.54, 1.807) is 30.4 Å². The molecule has 6 heteroatoms. The van der Waals surface area contributed by atoms with Crippen LogP contribution in [-0.4, -0.2) is 27.8 Å². The van der Waals surface area contributed by atoms with Gasteiger partial charge in [-0.25, -0.2) is 9.97 Å². The van der Waals surface area contributed by atoms with Crippen LogP contribution in [0.4, 0.5) is 0 Å². The van der Waals surface area contributed by atoms with Crippen molar-refractivity contribution in [3.05, 3.63) is 22.7 Å². The Bertz CT molecular complexity index is 739. The fourth-order valence-corrected chi connectivity index (χ4v) is 5.20. The fourth-order valence-electron chi connectivity index (χ4n) is 2.43. The van der Waals surface area contributed by atoms with Crippen molar-refractivity contribution in [3.63, 3.8) is 0 Å². The van der Waals surface area contributed by atoms with Gasteiger partial charge >= 0.3 is 0 Å². The highest BCUT2D eigenvalue weighted by Gasteiger charge is 2.26. The summed E-state index contributed by atoms with van der Waals surface area (Å²) in [6.45, 7) is 5.60. The summed E-state index contributed by atoms with van der Waals surface area (Å²) < 4.78 is 1.33. The summed E-state index contributed by atoms with van der Waals surface area (Å²) in [5.74, 6) is 0.903. The highest BCUT2D eigenvalue weighted by atomic mass is 32.2. The van der Waals surface area contributed by atoms with Gasteiger partial charge in [0, 0.05) is 22.9 Å². The van der Waals surface area contributed by atoms with Gasteiger partial charge in [0.2, 0.25) is 0 Å². The molecule has 2 aromatic rings. The molecule has 2 aromatic heterocycles. The van der Waals surface area contributed by atoms with E-state index < -0.39 is 0 Å². The molecule has 0 atom stereocenters. The van der Waals surface area contributed by atoms with Crippen molar-refractivity contribution < 1.29 is 4.79 Å². The van der Waals surface area contributed by atoms with E-state index in [1.165, 1.54) is 20.9 Å². The van der Waals surface area contributed by atoms with Crippen molar-refractivity contribution >= 4 is 40.6 Å². The van der Waals surface area contributed by atoms with Crippen LogP contribution in [-0.2, 0) is 17.6 Å². The summed E-state index contributed by atoms with van der Waals surface area (Å²) in [7, 11) is 0. The Morgan fingerprint density at radius 1 is 1.35 bits per heavy atom. The van der Waals surface area contributed by atoms with Crippen molar-refractivity contribution in [2.45, 2.75) is 43.0 Å². The van der Waals surface area contributed by atoms with Crippen molar-refractivity contribution in [2.75, 3.05) is 12.0 Å². The number of rotatable bonds is 5. The molecule has 0 bridgehead atoms. The van der Waals surface area contributed by atoms with Crippen LogP contribution in [0.3, 0.4) is 0 Å². The minimum absolute atomic E-state index is 0.202. The lowest BCUT2D eigenvalue weighted by molar-refractivity contribution is -0.123. The molecule has 0 radical (unpaired) electrons. The summed E-state index contributed by atoms with van der Waals surface area (Å²) in [6.07, 6.45) is 6.17. The number of hydrogen-bond acceptors (Lipinski definition) is 6. The normalized spacial score (nSPS) is 13.6. The van der Waals surface area contributed by atoms with E-state index in [-0.39, 0.29) is 11.2 Å². The van der Waals surface area contributed by atoms with E-state index in [2.05, 4.69) is 16.6 Å². The molecule has 0 aliphatic heterocycles. The number of Topliss-reactive ketones (excluding diaryl/α,β-unsaturated/α-hetero) is 1. The van der Waals surface area contributed by atoms with E-state index in [0.717, 1.165) is 23.7 Å². The van der Waals surface area contributed by atoms with Gasteiger partial charge in [-0.3, -0.25) is 4.79 Å². The minimum atomic E-state index is -0.345. The Labute approximate surface area is 149 Å². The maximum absolute atomic E-state index is 11.7. The van der Waals surface area contributed by atoms with Gasteiger partial charge in [-0.15, -0.1) is 23.1 Å². The van der Waals surface area contributed by atoms with Crippen LogP contribution in [0.25, 0.3) is 11.3 Å². The molecule has 122 valence electrons. The van der Waals surface area contributed by atoms with Crippen LogP contribution >= 0.6 is 34.9 Å². The van der Waals surface area contributed by atoms with Gasteiger partial charge in [-0.05, 0) is 42.5 Å². The third kappa shape index (κ3) is 3.35. The van der Waals surface area contributed by atoms with Crippen LogP contribution in [0.15, 0.2) is 20.9 Å². The zero-order chi connectivity index (χ0) is 16.6. The average Bonchev–Trinajstić information content (AvgIpc) is 2.96. The molecule has 0 aromatic carbocycles. The first-order valence-corrected chi connectivity index (χ1v) is 10.7. The lowest BCUT2D eigenvalue weighted by Gasteiger charge is -2.21. The van der Waals surface area contributed by atoms with Crippen LogP contribution in [0.5, 0.6) is 0 Å². The van der Waals surface area contributed by atoms with Crippen molar-refractivity contribution in [1.82, 2.24) is 9.97 Å². The summed E-state index contributed by atoms with van der Waals surface area (Å²) in [5.41, 5.74) is 4.70. The quantitative estimate of drug-likeness (QED) is 0.566. The number of aromatic nitrogens is 2. The van der Waals surface area contributed by atoms with Crippen molar-refractivity contribution in [1.29, 1.82) is 0 Å². The van der Waals surface area contributed by atoms with Crippen molar-refractivity contribution in [3.8, 4) is 11.3 Å². The van der Waals surface area contributed by atoms with Crippen LogP contribution in [0.2, 0.25) is 0 Å². The van der Waals surface area contributed by atoms with Gasteiger partial charge < -0.3 is 0 Å². The molecule has 1 aliphatic carbocycles. The molecule has 0 saturated heterocycles. The first-order chi connectivity index (χ1) is 10.9. The summed E-state index contributed by atoms with van der Waals surface area (Å²) in [4.78, 5) is 21.0. The van der Waals surface area contributed by atoms with Crippen LogP contribution < -0.4 is 0 Å². The summed E-state index contributed by atoms with van der Waals surface area (Å²) >= 11 is 5.17. The number of carbonyl (C=O) groups is 1. The summed E-state index contributed by atoms with van der Waals surface area (Å²) in [5, 5.41) is 3.03. The number of ketones is 1. The molecule has 0 N–H and O–H groups in total. The molecule has 3 rings (SSSR count). The summed E-state index contributed by atoms with van der Waals surface area (Å²) in [6, 6.07) is 0. The standard InChI is InChI=1S/C17H20N2OS3/c1-10(20)17(2,3)9-23-16-18-7-11-5-6-12-8-22-15(21-4)13(12)14(11)19-16/h7-8H,5-6,9H2,1-4H3. The van der Waals surface area contributed by atoms with E-state index in [1.807, 2.05) is 31.4 Å². The molecule has 3 nitrogen and oxygen atoms in total. The fraction of sp³-hybridized carbons (Fsp3) is 0.471. The smallest absolute Gasteiger partial charge is 0.188 e. The Kier molecular flexibility index (Phi) is 4.85. The zero-order valence-corrected chi connectivity index (χ0v) is 16.3. The molecule has 1 aliphatic rings. The Balaban J connectivity index is 1.90. The first kappa shape index (κ1) is 17.0. The molecule has 0 amide bonds. The van der Waals surface area contributed by atoms with Gasteiger partial charge in [0.25, 0.3) is 0 Å². The second-order valence-electron chi connectivity index (χ2n) is 6.38. The van der Waals surface area contributed by atoms with Crippen molar-refractivity contribution in [2.24, 2.45) is 5.41 Å². The highest BCUT2D eigenvalue weighted by molar-refractivity contribution is 8.00. The Morgan fingerprint density at radius 3 is 2.78 bits per heavy atom. The number of fused-ring (bicyclic) bond motifs is 3. The average molecular weight is 365 g/mol. The third-order valence-electron chi connectivity index (χ3n) is 4.28. The molecule has 0 spiro atoms.